The second kappa shape index (κ2) is 11.2. The molecular weight excluding hydrogens is 533 g/mol. The molecule has 3 heterocycles. The number of aliphatic carboxylic acids is 1. The van der Waals surface area contributed by atoms with Gasteiger partial charge in [0.05, 0.1) is 18.5 Å². The summed E-state index contributed by atoms with van der Waals surface area (Å²) in [6.07, 6.45) is 5.02. The van der Waals surface area contributed by atoms with Crippen LogP contribution >= 0.6 is 0 Å². The van der Waals surface area contributed by atoms with Crippen LogP contribution in [0.3, 0.4) is 0 Å². The molecule has 6 rings (SSSR count). The van der Waals surface area contributed by atoms with Crippen LogP contribution in [0.15, 0.2) is 73.2 Å². The Kier molecular flexibility index (Phi) is 7.26. The Bertz CT molecular complexity index is 1810. The Balaban J connectivity index is 1.32. The number of fused-ring (bicyclic) bond motifs is 1. The number of rotatable bonds is 8. The fourth-order valence-electron chi connectivity index (χ4n) is 5.60. The molecule has 42 heavy (non-hydrogen) atoms. The van der Waals surface area contributed by atoms with Crippen molar-refractivity contribution < 1.29 is 19.0 Å². The second-order valence-electron chi connectivity index (χ2n) is 10.5. The van der Waals surface area contributed by atoms with E-state index in [1.807, 2.05) is 48.2 Å². The molecule has 1 saturated heterocycles. The molecule has 8 nitrogen and oxygen atoms in total. The van der Waals surface area contributed by atoms with Crippen LogP contribution in [0.25, 0.3) is 33.3 Å². The first kappa shape index (κ1) is 27.3. The SMILES string of the molecule is COc1cc(-c2cccc(-c3cccc(Nc4nccc5nccnc45)c3C)c2C)cc(F)c1CN1CC(C(=O)O)C1. The number of benzene rings is 3. The second-order valence-corrected chi connectivity index (χ2v) is 10.5. The molecule has 212 valence electrons. The summed E-state index contributed by atoms with van der Waals surface area (Å²) in [7, 11) is 1.53. The van der Waals surface area contributed by atoms with Crippen LogP contribution in [-0.4, -0.2) is 51.1 Å². The van der Waals surface area contributed by atoms with Gasteiger partial charge in [-0.2, -0.15) is 0 Å². The maximum absolute atomic E-state index is 15.5. The summed E-state index contributed by atoms with van der Waals surface area (Å²) in [5.41, 5.74) is 8.51. The van der Waals surface area contributed by atoms with Crippen molar-refractivity contribution in [2.24, 2.45) is 5.92 Å². The van der Waals surface area contributed by atoms with Crippen LogP contribution in [0.4, 0.5) is 15.9 Å². The molecule has 5 aromatic rings. The average molecular weight is 564 g/mol. The van der Waals surface area contributed by atoms with Crippen molar-refractivity contribution in [1.82, 2.24) is 19.9 Å². The number of hydrogen-bond donors (Lipinski definition) is 2. The highest BCUT2D eigenvalue weighted by atomic mass is 19.1. The molecule has 0 aliphatic carbocycles. The lowest BCUT2D eigenvalue weighted by molar-refractivity contribution is -0.147. The Labute approximate surface area is 242 Å². The Morgan fingerprint density at radius 3 is 2.45 bits per heavy atom. The van der Waals surface area contributed by atoms with Crippen LogP contribution in [0.1, 0.15) is 16.7 Å². The molecule has 2 N–H and O–H groups in total. The minimum absolute atomic E-state index is 0.300. The number of hydrogen-bond acceptors (Lipinski definition) is 7. The largest absolute Gasteiger partial charge is 0.496 e. The van der Waals surface area contributed by atoms with Crippen molar-refractivity contribution >= 4 is 28.5 Å². The van der Waals surface area contributed by atoms with Gasteiger partial charge >= 0.3 is 5.97 Å². The predicted octanol–water partition coefficient (Wildman–Crippen LogP) is 6.38. The van der Waals surface area contributed by atoms with Gasteiger partial charge in [0.15, 0.2) is 5.82 Å². The van der Waals surface area contributed by atoms with Gasteiger partial charge in [-0.15, -0.1) is 0 Å². The Morgan fingerprint density at radius 2 is 1.69 bits per heavy atom. The Hall–Kier alpha value is -4.89. The summed E-state index contributed by atoms with van der Waals surface area (Å²) in [5, 5.41) is 12.6. The number of halogens is 1. The van der Waals surface area contributed by atoms with Crippen molar-refractivity contribution in [2.75, 3.05) is 25.5 Å². The van der Waals surface area contributed by atoms with E-state index in [1.165, 1.54) is 13.2 Å². The third kappa shape index (κ3) is 5.03. The molecule has 1 aliphatic heterocycles. The van der Waals surface area contributed by atoms with Gasteiger partial charge in [0.25, 0.3) is 0 Å². The molecule has 0 spiro atoms. The van der Waals surface area contributed by atoms with E-state index in [0.29, 0.717) is 47.8 Å². The van der Waals surface area contributed by atoms with E-state index in [-0.39, 0.29) is 5.82 Å². The van der Waals surface area contributed by atoms with E-state index < -0.39 is 11.9 Å². The molecular formula is C33H30FN5O3. The zero-order chi connectivity index (χ0) is 29.4. The lowest BCUT2D eigenvalue weighted by atomic mass is 9.90. The third-order valence-electron chi connectivity index (χ3n) is 7.97. The Morgan fingerprint density at radius 1 is 0.976 bits per heavy atom. The summed E-state index contributed by atoms with van der Waals surface area (Å²) in [4.78, 5) is 26.4. The van der Waals surface area contributed by atoms with Crippen LogP contribution < -0.4 is 10.1 Å². The number of carboxylic acids is 1. The number of aromatic nitrogens is 3. The molecule has 0 radical (unpaired) electrons. The first-order valence-corrected chi connectivity index (χ1v) is 13.7. The van der Waals surface area contributed by atoms with Gasteiger partial charge in [-0.25, -0.2) is 14.4 Å². The number of carbonyl (C=O) groups is 1. The quantitative estimate of drug-likeness (QED) is 0.224. The zero-order valence-corrected chi connectivity index (χ0v) is 23.6. The smallest absolute Gasteiger partial charge is 0.309 e. The van der Waals surface area contributed by atoms with Crippen molar-refractivity contribution in [3.63, 3.8) is 0 Å². The van der Waals surface area contributed by atoms with Crippen LogP contribution in [0.2, 0.25) is 0 Å². The number of ether oxygens (including phenoxy) is 1. The van der Waals surface area contributed by atoms with Gasteiger partial charge < -0.3 is 15.2 Å². The summed E-state index contributed by atoms with van der Waals surface area (Å²) < 4.78 is 21.1. The fraction of sp³-hybridized carbons (Fsp3) is 0.212. The molecule has 0 unspecified atom stereocenters. The molecule has 2 aromatic heterocycles. The number of nitrogens with one attached hydrogen (secondary N) is 1. The van der Waals surface area contributed by atoms with Gasteiger partial charge in [0, 0.05) is 49.5 Å². The van der Waals surface area contributed by atoms with Crippen LogP contribution in [0.5, 0.6) is 5.75 Å². The van der Waals surface area contributed by atoms with Crippen molar-refractivity contribution in [2.45, 2.75) is 20.4 Å². The summed E-state index contributed by atoms with van der Waals surface area (Å²) in [5.74, 6) is -0.522. The summed E-state index contributed by atoms with van der Waals surface area (Å²) in [6, 6.07) is 17.3. The standard InChI is InChI=1S/C33H30FN5O3/c1-19-23(21-14-27(34)26(30(15-21)42-3)18-39-16-22(17-39)33(40)41)6-4-7-24(19)25-8-5-9-28(20(25)2)38-32-31-29(10-11-37-32)35-12-13-36-31/h4-15,22H,16-18H2,1-3H3,(H,37,38)(H,40,41). The highest BCUT2D eigenvalue weighted by Gasteiger charge is 2.33. The van der Waals surface area contributed by atoms with E-state index >= 15 is 4.39 Å². The lowest BCUT2D eigenvalue weighted by Gasteiger charge is -2.36. The van der Waals surface area contributed by atoms with Crippen molar-refractivity contribution in [3.05, 3.63) is 95.7 Å². The predicted molar refractivity (Wildman–Crippen MR) is 160 cm³/mol. The number of nitrogens with zero attached hydrogens (tertiary/aromatic N) is 4. The van der Waals surface area contributed by atoms with Crippen LogP contribution in [-0.2, 0) is 11.3 Å². The minimum Gasteiger partial charge on any atom is -0.496 e. The number of likely N-dealkylation sites (tertiary alicyclic amines) is 1. The lowest BCUT2D eigenvalue weighted by Crippen LogP contribution is -2.49. The number of pyridine rings is 1. The van der Waals surface area contributed by atoms with Crippen molar-refractivity contribution in [1.29, 1.82) is 0 Å². The fourth-order valence-corrected chi connectivity index (χ4v) is 5.60. The molecule has 0 bridgehead atoms. The van der Waals surface area contributed by atoms with E-state index in [4.69, 9.17) is 9.84 Å². The molecule has 1 aliphatic rings. The molecule has 3 aromatic carbocycles. The third-order valence-corrected chi connectivity index (χ3v) is 7.97. The molecule has 0 atom stereocenters. The first-order chi connectivity index (χ1) is 20.3. The highest BCUT2D eigenvalue weighted by molar-refractivity contribution is 5.89. The first-order valence-electron chi connectivity index (χ1n) is 13.7. The average Bonchev–Trinajstić information content (AvgIpc) is 2.96. The van der Waals surface area contributed by atoms with E-state index in [0.717, 1.165) is 39.0 Å². The normalized spacial score (nSPS) is 13.6. The zero-order valence-electron chi connectivity index (χ0n) is 23.6. The molecule has 1 fully saturated rings. The van der Waals surface area contributed by atoms with Gasteiger partial charge in [-0.1, -0.05) is 30.3 Å². The van der Waals surface area contributed by atoms with Crippen molar-refractivity contribution in [3.8, 4) is 28.0 Å². The topological polar surface area (TPSA) is 100 Å². The molecule has 0 amide bonds. The molecule has 0 saturated carbocycles. The van der Waals surface area contributed by atoms with Gasteiger partial charge in [0.1, 0.15) is 17.1 Å². The maximum Gasteiger partial charge on any atom is 0.309 e. The summed E-state index contributed by atoms with van der Waals surface area (Å²) in [6.45, 7) is 5.20. The van der Waals surface area contributed by atoms with Crippen LogP contribution in [0, 0.1) is 25.6 Å². The van der Waals surface area contributed by atoms with Gasteiger partial charge in [-0.3, -0.25) is 14.7 Å². The monoisotopic (exact) mass is 563 g/mol. The van der Waals surface area contributed by atoms with E-state index in [1.54, 1.807) is 18.6 Å². The number of methoxy groups -OCH3 is 1. The van der Waals surface area contributed by atoms with E-state index in [9.17, 15) is 4.79 Å². The number of carboxylic acid groups (broad SMARTS) is 1. The highest BCUT2D eigenvalue weighted by Crippen LogP contribution is 2.39. The maximum atomic E-state index is 15.5. The molecule has 9 heteroatoms. The van der Waals surface area contributed by atoms with Gasteiger partial charge in [-0.05, 0) is 71.5 Å². The summed E-state index contributed by atoms with van der Waals surface area (Å²) >= 11 is 0. The van der Waals surface area contributed by atoms with E-state index in [2.05, 4.69) is 39.3 Å². The minimum atomic E-state index is -0.819. The number of anilines is 2. The van der Waals surface area contributed by atoms with Gasteiger partial charge in [0.2, 0.25) is 0 Å².